The van der Waals surface area contributed by atoms with E-state index in [2.05, 4.69) is 34.0 Å². The van der Waals surface area contributed by atoms with Crippen molar-refractivity contribution in [2.45, 2.75) is 32.9 Å². The molecular weight excluding hydrogens is 294 g/mol. The van der Waals surface area contributed by atoms with Gasteiger partial charge in [0.25, 0.3) is 0 Å². The molecule has 0 radical (unpaired) electrons. The summed E-state index contributed by atoms with van der Waals surface area (Å²) in [6, 6.07) is 1.40. The Kier molecular flexibility index (Phi) is 6.04. The Hall–Kier alpha value is -2.02. The molecule has 1 aliphatic heterocycles. The molecule has 2 amide bonds. The number of piperazine rings is 1. The largest absolute Gasteiger partial charge is 0.353 e. The lowest BCUT2D eigenvalue weighted by atomic mass is 10.1. The first-order valence-corrected chi connectivity index (χ1v) is 7.98. The molecule has 1 aliphatic rings. The third kappa shape index (κ3) is 4.99. The van der Waals surface area contributed by atoms with Gasteiger partial charge in [-0.1, -0.05) is 13.8 Å². The fourth-order valence-electron chi connectivity index (χ4n) is 2.74. The number of aromatic nitrogens is 2. The molecule has 2 rings (SSSR count). The van der Waals surface area contributed by atoms with Crippen molar-refractivity contribution in [3.63, 3.8) is 0 Å². The highest BCUT2D eigenvalue weighted by molar-refractivity contribution is 5.88. The zero-order chi connectivity index (χ0) is 16.8. The maximum Gasteiger partial charge on any atom is 0.237 e. The van der Waals surface area contributed by atoms with Crippen LogP contribution in [0.25, 0.3) is 0 Å². The van der Waals surface area contributed by atoms with Gasteiger partial charge in [0.15, 0.2) is 0 Å². The first kappa shape index (κ1) is 17.3. The molecule has 1 N–H and O–H groups in total. The summed E-state index contributed by atoms with van der Waals surface area (Å²) in [5.74, 6) is 0.345. The highest BCUT2D eigenvalue weighted by Gasteiger charge is 2.32. The molecule has 1 saturated heterocycles. The van der Waals surface area contributed by atoms with Crippen LogP contribution in [0.2, 0.25) is 0 Å². The van der Waals surface area contributed by atoms with Crippen molar-refractivity contribution in [3.05, 3.63) is 24.3 Å². The van der Waals surface area contributed by atoms with Crippen LogP contribution < -0.4 is 5.32 Å². The summed E-state index contributed by atoms with van der Waals surface area (Å²) in [6.07, 6.45) is 3.31. The van der Waals surface area contributed by atoms with E-state index < -0.39 is 0 Å². The molecule has 1 aromatic rings. The molecule has 0 unspecified atom stereocenters. The Balaban J connectivity index is 1.96. The second kappa shape index (κ2) is 8.01. The van der Waals surface area contributed by atoms with Crippen molar-refractivity contribution >= 4 is 11.8 Å². The smallest absolute Gasteiger partial charge is 0.237 e. The first-order valence-electron chi connectivity index (χ1n) is 7.98. The topological polar surface area (TPSA) is 78.4 Å². The zero-order valence-electron chi connectivity index (χ0n) is 14.0. The van der Waals surface area contributed by atoms with Crippen molar-refractivity contribution in [1.82, 2.24) is 25.1 Å². The molecule has 1 aromatic heterocycles. The van der Waals surface area contributed by atoms with Gasteiger partial charge in [-0.15, -0.1) is 0 Å². The van der Waals surface area contributed by atoms with Gasteiger partial charge in [-0.05, 0) is 12.0 Å². The standard InChI is InChI=1S/C16H25N5O2/c1-12(2)9-21-7-6-18-16(23)14(21)8-15(22)20(3)10-13-4-5-17-11-19-13/h4-5,11-12,14H,6-10H2,1-3H3,(H,18,23)/t14-/m1/s1. The van der Waals surface area contributed by atoms with Crippen LogP contribution in [0, 0.1) is 5.92 Å². The van der Waals surface area contributed by atoms with Crippen LogP contribution in [0.15, 0.2) is 18.6 Å². The van der Waals surface area contributed by atoms with E-state index in [9.17, 15) is 9.59 Å². The van der Waals surface area contributed by atoms with E-state index in [4.69, 9.17) is 0 Å². The van der Waals surface area contributed by atoms with Crippen molar-refractivity contribution in [3.8, 4) is 0 Å². The Morgan fingerprint density at radius 3 is 2.96 bits per heavy atom. The summed E-state index contributed by atoms with van der Waals surface area (Å²) in [4.78, 5) is 36.3. The number of hydrogen-bond acceptors (Lipinski definition) is 5. The summed E-state index contributed by atoms with van der Waals surface area (Å²) in [5.41, 5.74) is 0.781. The van der Waals surface area contributed by atoms with Crippen LogP contribution in [0.1, 0.15) is 26.0 Å². The van der Waals surface area contributed by atoms with Gasteiger partial charge < -0.3 is 10.2 Å². The molecule has 7 heteroatoms. The molecule has 0 aliphatic carbocycles. The minimum absolute atomic E-state index is 0.0549. The predicted molar refractivity (Wildman–Crippen MR) is 86.3 cm³/mol. The molecule has 23 heavy (non-hydrogen) atoms. The maximum absolute atomic E-state index is 12.5. The van der Waals surface area contributed by atoms with E-state index >= 15 is 0 Å². The highest BCUT2D eigenvalue weighted by atomic mass is 16.2. The molecule has 126 valence electrons. The van der Waals surface area contributed by atoms with Crippen molar-refractivity contribution < 1.29 is 9.59 Å². The third-order valence-electron chi connectivity index (χ3n) is 3.88. The zero-order valence-corrected chi connectivity index (χ0v) is 14.0. The van der Waals surface area contributed by atoms with Gasteiger partial charge >= 0.3 is 0 Å². The number of nitrogens with zero attached hydrogens (tertiary/aromatic N) is 4. The first-order chi connectivity index (χ1) is 11.0. The molecule has 1 atom stereocenters. The van der Waals surface area contributed by atoms with Crippen LogP contribution in [0.3, 0.4) is 0 Å². The molecule has 7 nitrogen and oxygen atoms in total. The fourth-order valence-corrected chi connectivity index (χ4v) is 2.74. The molecule has 1 fully saturated rings. The quantitative estimate of drug-likeness (QED) is 0.815. The van der Waals surface area contributed by atoms with Crippen LogP contribution >= 0.6 is 0 Å². The SMILES string of the molecule is CC(C)CN1CCNC(=O)[C@H]1CC(=O)N(C)Cc1ccncn1. The average molecular weight is 319 g/mol. The lowest BCUT2D eigenvalue weighted by molar-refractivity contribution is -0.138. The van der Waals surface area contributed by atoms with E-state index in [0.29, 0.717) is 19.0 Å². The van der Waals surface area contributed by atoms with Crippen molar-refractivity contribution in [1.29, 1.82) is 0 Å². The van der Waals surface area contributed by atoms with E-state index in [1.165, 1.54) is 6.33 Å². The van der Waals surface area contributed by atoms with Crippen molar-refractivity contribution in [2.75, 3.05) is 26.7 Å². The van der Waals surface area contributed by atoms with Gasteiger partial charge in [-0.25, -0.2) is 9.97 Å². The Morgan fingerprint density at radius 2 is 2.30 bits per heavy atom. The van der Waals surface area contributed by atoms with E-state index in [1.807, 2.05) is 0 Å². The van der Waals surface area contributed by atoms with Crippen LogP contribution in [-0.2, 0) is 16.1 Å². The van der Waals surface area contributed by atoms with Crippen molar-refractivity contribution in [2.24, 2.45) is 5.92 Å². The van der Waals surface area contributed by atoms with Crippen LogP contribution in [0.5, 0.6) is 0 Å². The Bertz CT molecular complexity index is 535. The molecule has 0 bridgehead atoms. The van der Waals surface area contributed by atoms with Gasteiger partial charge in [0, 0.05) is 32.9 Å². The second-order valence-electron chi connectivity index (χ2n) is 6.35. The third-order valence-corrected chi connectivity index (χ3v) is 3.88. The van der Waals surface area contributed by atoms with E-state index in [0.717, 1.165) is 18.8 Å². The summed E-state index contributed by atoms with van der Waals surface area (Å²) in [6.45, 7) is 6.91. The summed E-state index contributed by atoms with van der Waals surface area (Å²) >= 11 is 0. The second-order valence-corrected chi connectivity index (χ2v) is 6.35. The molecule has 2 heterocycles. The lowest BCUT2D eigenvalue weighted by Crippen LogP contribution is -2.57. The number of nitrogens with one attached hydrogen (secondary N) is 1. The lowest BCUT2D eigenvalue weighted by Gasteiger charge is -2.36. The predicted octanol–water partition coefficient (Wildman–Crippen LogP) is 0.282. The van der Waals surface area contributed by atoms with Gasteiger partial charge in [0.05, 0.1) is 24.7 Å². The molecule has 0 aromatic carbocycles. The van der Waals surface area contributed by atoms with E-state index in [-0.39, 0.29) is 24.3 Å². The monoisotopic (exact) mass is 319 g/mol. The highest BCUT2D eigenvalue weighted by Crippen LogP contribution is 2.13. The number of rotatable bonds is 6. The maximum atomic E-state index is 12.5. The minimum atomic E-state index is -0.383. The van der Waals surface area contributed by atoms with E-state index in [1.54, 1.807) is 24.2 Å². The van der Waals surface area contributed by atoms with Crippen LogP contribution in [-0.4, -0.2) is 64.3 Å². The Labute approximate surface area is 137 Å². The summed E-state index contributed by atoms with van der Waals surface area (Å²) in [5, 5.41) is 2.86. The number of hydrogen-bond donors (Lipinski definition) is 1. The summed E-state index contributed by atoms with van der Waals surface area (Å²) < 4.78 is 0. The van der Waals surface area contributed by atoms with Gasteiger partial charge in [-0.2, -0.15) is 0 Å². The summed E-state index contributed by atoms with van der Waals surface area (Å²) in [7, 11) is 1.73. The van der Waals surface area contributed by atoms with Gasteiger partial charge in [0.1, 0.15) is 6.33 Å². The number of carbonyl (C=O) groups is 2. The fraction of sp³-hybridized carbons (Fsp3) is 0.625. The van der Waals surface area contributed by atoms with Crippen LogP contribution in [0.4, 0.5) is 0 Å². The molecule has 0 saturated carbocycles. The number of carbonyl (C=O) groups excluding carboxylic acids is 2. The minimum Gasteiger partial charge on any atom is -0.353 e. The Morgan fingerprint density at radius 1 is 1.52 bits per heavy atom. The van der Waals surface area contributed by atoms with Gasteiger partial charge in [0.2, 0.25) is 11.8 Å². The normalized spacial score (nSPS) is 18.8. The molecule has 0 spiro atoms. The molecular formula is C16H25N5O2. The number of amides is 2. The average Bonchev–Trinajstić information content (AvgIpc) is 2.51. The van der Waals surface area contributed by atoms with Gasteiger partial charge in [-0.3, -0.25) is 14.5 Å².